The second-order valence-electron chi connectivity index (χ2n) is 6.21. The van der Waals surface area contributed by atoms with E-state index < -0.39 is 0 Å². The van der Waals surface area contributed by atoms with Crippen molar-refractivity contribution in [2.45, 2.75) is 25.3 Å². The topological polar surface area (TPSA) is 70.6 Å². The van der Waals surface area contributed by atoms with Crippen molar-refractivity contribution in [3.63, 3.8) is 0 Å². The van der Waals surface area contributed by atoms with Gasteiger partial charge in [-0.1, -0.05) is 12.1 Å². The van der Waals surface area contributed by atoms with Crippen LogP contribution in [0.15, 0.2) is 42.5 Å². The SMILES string of the molecule is COc1ccc2c(c1)CCCC2Nc1cccc(C(=O)NCCO)c1. The maximum atomic E-state index is 12.1. The van der Waals surface area contributed by atoms with E-state index in [0.717, 1.165) is 30.7 Å². The first kappa shape index (κ1) is 17.3. The number of aliphatic hydroxyl groups excluding tert-OH is 1. The molecule has 1 aliphatic carbocycles. The van der Waals surface area contributed by atoms with E-state index in [1.807, 2.05) is 24.3 Å². The molecule has 0 bridgehead atoms. The lowest BCUT2D eigenvalue weighted by atomic mass is 9.87. The molecule has 1 amide bonds. The molecule has 2 aromatic carbocycles. The number of methoxy groups -OCH3 is 1. The highest BCUT2D eigenvalue weighted by Gasteiger charge is 2.20. The van der Waals surface area contributed by atoms with Gasteiger partial charge in [0.05, 0.1) is 19.8 Å². The molecule has 0 radical (unpaired) electrons. The van der Waals surface area contributed by atoms with Crippen molar-refractivity contribution in [2.24, 2.45) is 0 Å². The van der Waals surface area contributed by atoms with E-state index in [1.54, 1.807) is 13.2 Å². The smallest absolute Gasteiger partial charge is 0.251 e. The highest BCUT2D eigenvalue weighted by atomic mass is 16.5. The average molecular weight is 340 g/mol. The largest absolute Gasteiger partial charge is 0.497 e. The molecule has 0 heterocycles. The van der Waals surface area contributed by atoms with E-state index in [0.29, 0.717) is 5.56 Å². The highest BCUT2D eigenvalue weighted by molar-refractivity contribution is 5.95. The summed E-state index contributed by atoms with van der Waals surface area (Å²) in [7, 11) is 1.69. The second kappa shape index (κ2) is 8.03. The van der Waals surface area contributed by atoms with Gasteiger partial charge in [-0.05, 0) is 60.7 Å². The Bertz CT molecular complexity index is 745. The zero-order valence-electron chi connectivity index (χ0n) is 14.4. The van der Waals surface area contributed by atoms with Crippen molar-refractivity contribution in [1.82, 2.24) is 5.32 Å². The Hall–Kier alpha value is -2.53. The Morgan fingerprint density at radius 1 is 1.28 bits per heavy atom. The van der Waals surface area contributed by atoms with Crippen molar-refractivity contribution in [3.05, 3.63) is 59.2 Å². The minimum atomic E-state index is -0.175. The number of carbonyl (C=O) groups excluding carboxylic acids is 1. The Morgan fingerprint density at radius 2 is 2.16 bits per heavy atom. The van der Waals surface area contributed by atoms with Gasteiger partial charge in [0.15, 0.2) is 0 Å². The van der Waals surface area contributed by atoms with Crippen molar-refractivity contribution in [2.75, 3.05) is 25.6 Å². The predicted octanol–water partition coefficient (Wildman–Crippen LogP) is 2.91. The van der Waals surface area contributed by atoms with Crippen LogP contribution in [0.2, 0.25) is 0 Å². The van der Waals surface area contributed by atoms with Gasteiger partial charge in [0, 0.05) is 17.8 Å². The van der Waals surface area contributed by atoms with Gasteiger partial charge >= 0.3 is 0 Å². The fourth-order valence-electron chi connectivity index (χ4n) is 3.29. The number of rotatable bonds is 6. The van der Waals surface area contributed by atoms with E-state index in [4.69, 9.17) is 9.84 Å². The van der Waals surface area contributed by atoms with Crippen molar-refractivity contribution >= 4 is 11.6 Å². The normalized spacial score (nSPS) is 16.0. The summed E-state index contributed by atoms with van der Waals surface area (Å²) in [6.07, 6.45) is 3.24. The van der Waals surface area contributed by atoms with Crippen LogP contribution in [0.1, 0.15) is 40.4 Å². The van der Waals surface area contributed by atoms with Crippen molar-refractivity contribution in [1.29, 1.82) is 0 Å². The van der Waals surface area contributed by atoms with Crippen LogP contribution in [0.3, 0.4) is 0 Å². The van der Waals surface area contributed by atoms with Crippen molar-refractivity contribution < 1.29 is 14.6 Å². The minimum absolute atomic E-state index is 0.0635. The Morgan fingerprint density at radius 3 is 2.96 bits per heavy atom. The van der Waals surface area contributed by atoms with E-state index in [-0.39, 0.29) is 25.1 Å². The number of amides is 1. The fraction of sp³-hybridized carbons (Fsp3) is 0.350. The second-order valence-corrected chi connectivity index (χ2v) is 6.21. The van der Waals surface area contributed by atoms with Gasteiger partial charge in [0.25, 0.3) is 5.91 Å². The van der Waals surface area contributed by atoms with Crippen LogP contribution >= 0.6 is 0 Å². The maximum Gasteiger partial charge on any atom is 0.251 e. The molecule has 0 fully saturated rings. The zero-order valence-corrected chi connectivity index (χ0v) is 14.4. The zero-order chi connectivity index (χ0) is 17.6. The number of hydrogen-bond donors (Lipinski definition) is 3. The molecule has 3 N–H and O–H groups in total. The number of aliphatic hydroxyl groups is 1. The van der Waals surface area contributed by atoms with Gasteiger partial charge in [0.1, 0.15) is 5.75 Å². The molecule has 0 saturated carbocycles. The molecule has 1 atom stereocenters. The number of aryl methyl sites for hydroxylation is 1. The summed E-state index contributed by atoms with van der Waals surface area (Å²) < 4.78 is 5.33. The van der Waals surface area contributed by atoms with Crippen LogP contribution in [0.4, 0.5) is 5.69 Å². The summed E-state index contributed by atoms with van der Waals surface area (Å²) in [6.45, 7) is 0.195. The molecule has 0 aliphatic heterocycles. The maximum absolute atomic E-state index is 12.1. The van der Waals surface area contributed by atoms with Gasteiger partial charge in [0.2, 0.25) is 0 Å². The van der Waals surface area contributed by atoms with Gasteiger partial charge in [-0.25, -0.2) is 0 Å². The molecule has 1 unspecified atom stereocenters. The summed E-state index contributed by atoms with van der Waals surface area (Å²) in [5.74, 6) is 0.716. The highest BCUT2D eigenvalue weighted by Crippen LogP contribution is 2.34. The monoisotopic (exact) mass is 340 g/mol. The Kier molecular flexibility index (Phi) is 5.56. The molecule has 5 heteroatoms. The van der Waals surface area contributed by atoms with Crippen LogP contribution in [-0.4, -0.2) is 31.3 Å². The number of nitrogens with one attached hydrogen (secondary N) is 2. The quantitative estimate of drug-likeness (QED) is 0.756. The van der Waals surface area contributed by atoms with Crippen molar-refractivity contribution in [3.8, 4) is 5.75 Å². The van der Waals surface area contributed by atoms with Crippen LogP contribution in [0.25, 0.3) is 0 Å². The molecular formula is C20H24N2O3. The molecule has 0 spiro atoms. The third-order valence-corrected chi connectivity index (χ3v) is 4.53. The predicted molar refractivity (Wildman–Crippen MR) is 98.2 cm³/mol. The standard InChI is InChI=1S/C20H24N2O3/c1-25-17-8-9-18-14(13-17)4-3-7-19(18)22-16-6-2-5-15(12-16)20(24)21-10-11-23/h2,5-6,8-9,12-13,19,22-23H,3-4,7,10-11H2,1H3,(H,21,24). The fourth-order valence-corrected chi connectivity index (χ4v) is 3.29. The van der Waals surface area contributed by atoms with Crippen LogP contribution in [-0.2, 0) is 6.42 Å². The first-order valence-corrected chi connectivity index (χ1v) is 8.63. The molecule has 132 valence electrons. The molecule has 0 aromatic heterocycles. The van der Waals surface area contributed by atoms with E-state index in [1.165, 1.54) is 11.1 Å². The van der Waals surface area contributed by atoms with Gasteiger partial charge in [-0.15, -0.1) is 0 Å². The lowest BCUT2D eigenvalue weighted by molar-refractivity contribution is 0.0945. The average Bonchev–Trinajstić information content (AvgIpc) is 2.66. The number of ether oxygens (including phenoxy) is 1. The third-order valence-electron chi connectivity index (χ3n) is 4.53. The number of benzene rings is 2. The van der Waals surface area contributed by atoms with Gasteiger partial charge in [-0.3, -0.25) is 4.79 Å². The summed E-state index contributed by atoms with van der Waals surface area (Å²) in [6, 6.07) is 13.9. The molecular weight excluding hydrogens is 316 g/mol. The summed E-state index contributed by atoms with van der Waals surface area (Å²) in [4.78, 5) is 12.1. The molecule has 3 rings (SSSR count). The Balaban J connectivity index is 1.76. The number of anilines is 1. The molecule has 25 heavy (non-hydrogen) atoms. The Labute approximate surface area is 148 Å². The van der Waals surface area contributed by atoms with Crippen LogP contribution in [0, 0.1) is 0 Å². The first-order valence-electron chi connectivity index (χ1n) is 8.63. The van der Waals surface area contributed by atoms with Crippen LogP contribution < -0.4 is 15.4 Å². The molecule has 2 aromatic rings. The summed E-state index contributed by atoms with van der Waals surface area (Å²) >= 11 is 0. The lowest BCUT2D eigenvalue weighted by Gasteiger charge is -2.27. The van der Waals surface area contributed by atoms with Gasteiger partial charge in [-0.2, -0.15) is 0 Å². The number of hydrogen-bond acceptors (Lipinski definition) is 4. The molecule has 1 aliphatic rings. The van der Waals surface area contributed by atoms with Gasteiger partial charge < -0.3 is 20.5 Å². The number of carbonyl (C=O) groups is 1. The van der Waals surface area contributed by atoms with Crippen LogP contribution in [0.5, 0.6) is 5.75 Å². The van der Waals surface area contributed by atoms with E-state index in [9.17, 15) is 4.79 Å². The summed E-state index contributed by atoms with van der Waals surface area (Å²) in [5.41, 5.74) is 4.12. The first-order chi connectivity index (χ1) is 12.2. The number of fused-ring (bicyclic) bond motifs is 1. The van der Waals surface area contributed by atoms with E-state index in [2.05, 4.69) is 22.8 Å². The molecule has 0 saturated heterocycles. The van der Waals surface area contributed by atoms with E-state index >= 15 is 0 Å². The minimum Gasteiger partial charge on any atom is -0.497 e. The third kappa shape index (κ3) is 4.12. The lowest BCUT2D eigenvalue weighted by Crippen LogP contribution is -2.26. The summed E-state index contributed by atoms with van der Waals surface area (Å²) in [5, 5.41) is 15.1. The molecule has 5 nitrogen and oxygen atoms in total.